The van der Waals surface area contributed by atoms with Crippen molar-refractivity contribution in [2.24, 2.45) is 0 Å². The summed E-state index contributed by atoms with van der Waals surface area (Å²) in [6.07, 6.45) is 0.356. The van der Waals surface area contributed by atoms with Crippen LogP contribution in [-0.2, 0) is 32.9 Å². The Hall–Kier alpha value is -3.11. The second-order valence-corrected chi connectivity index (χ2v) is 7.92. The fourth-order valence-electron chi connectivity index (χ4n) is 3.37. The number of nitrogens with one attached hydrogen (secondary N) is 2. The van der Waals surface area contributed by atoms with Crippen LogP contribution < -0.4 is 14.8 Å². The lowest BCUT2D eigenvalue weighted by atomic mass is 9.92. The number of benzene rings is 2. The van der Waals surface area contributed by atoms with Crippen molar-refractivity contribution < 1.29 is 27.3 Å². The standard InChI is InChI=1S/C20H23N3O6S/c1-21-20(25)18-12-14-7-8-16(22-30(26,27)28)11-15(14)13-23(18)19(24)9-10-29-17-5-3-2-4-6-17/h2-8,11,18,22H,9-10,12-13H2,1H3,(H,21,25)(H,26,27,28)/p-1/t18-/m0/s1. The van der Waals surface area contributed by atoms with E-state index >= 15 is 0 Å². The van der Waals surface area contributed by atoms with E-state index in [4.69, 9.17) is 4.74 Å². The fourth-order valence-corrected chi connectivity index (χ4v) is 3.79. The first-order chi connectivity index (χ1) is 14.3. The predicted octanol–water partition coefficient (Wildman–Crippen LogP) is 1.03. The molecule has 2 amide bonds. The Bertz CT molecular complexity index is 1030. The highest BCUT2D eigenvalue weighted by Gasteiger charge is 2.34. The number of carbonyl (C=O) groups is 2. The van der Waals surface area contributed by atoms with Gasteiger partial charge in [0.15, 0.2) is 10.3 Å². The largest absolute Gasteiger partial charge is 0.731 e. The first-order valence-corrected chi connectivity index (χ1v) is 10.7. The third-order valence-corrected chi connectivity index (χ3v) is 5.26. The van der Waals surface area contributed by atoms with Crippen molar-refractivity contribution in [3.63, 3.8) is 0 Å². The number of likely N-dealkylation sites (N-methyl/N-ethyl adjacent to an activating group) is 1. The average Bonchev–Trinajstić information content (AvgIpc) is 2.71. The molecule has 0 unspecified atom stereocenters. The molecule has 2 aromatic rings. The van der Waals surface area contributed by atoms with Gasteiger partial charge in [0.2, 0.25) is 11.8 Å². The lowest BCUT2D eigenvalue weighted by molar-refractivity contribution is -0.142. The third kappa shape index (κ3) is 5.49. The van der Waals surface area contributed by atoms with Gasteiger partial charge in [-0.3, -0.25) is 14.3 Å². The molecule has 160 valence electrons. The Balaban J connectivity index is 1.75. The summed E-state index contributed by atoms with van der Waals surface area (Å²) in [5, 5.41) is 2.58. The Morgan fingerprint density at radius 3 is 2.57 bits per heavy atom. The molecular weight excluding hydrogens is 410 g/mol. The number of rotatable bonds is 7. The molecule has 1 aliphatic rings. The van der Waals surface area contributed by atoms with Gasteiger partial charge < -0.3 is 19.5 Å². The Morgan fingerprint density at radius 2 is 1.90 bits per heavy atom. The van der Waals surface area contributed by atoms with Gasteiger partial charge in [0.05, 0.1) is 13.0 Å². The molecule has 0 bridgehead atoms. The van der Waals surface area contributed by atoms with Gasteiger partial charge in [-0.05, 0) is 35.4 Å². The summed E-state index contributed by atoms with van der Waals surface area (Å²) >= 11 is 0. The maximum atomic E-state index is 12.8. The van der Waals surface area contributed by atoms with E-state index in [0.29, 0.717) is 11.3 Å². The van der Waals surface area contributed by atoms with E-state index in [1.807, 2.05) is 22.9 Å². The van der Waals surface area contributed by atoms with Crippen LogP contribution in [0, 0.1) is 0 Å². The molecule has 0 fully saturated rings. The zero-order chi connectivity index (χ0) is 21.7. The summed E-state index contributed by atoms with van der Waals surface area (Å²) in [5.74, 6) is 0.0917. The number of hydrogen-bond acceptors (Lipinski definition) is 6. The van der Waals surface area contributed by atoms with Crippen LogP contribution in [0.4, 0.5) is 5.69 Å². The van der Waals surface area contributed by atoms with Gasteiger partial charge in [0.25, 0.3) is 0 Å². The molecule has 1 aliphatic heterocycles. The Morgan fingerprint density at radius 1 is 1.17 bits per heavy atom. The van der Waals surface area contributed by atoms with E-state index in [0.717, 1.165) is 5.56 Å². The minimum atomic E-state index is -4.66. The summed E-state index contributed by atoms with van der Waals surface area (Å²) in [6.45, 7) is 0.273. The molecule has 0 saturated heterocycles. The molecule has 0 spiro atoms. The smallest absolute Gasteiger partial charge is 0.242 e. The van der Waals surface area contributed by atoms with E-state index in [-0.39, 0.29) is 43.5 Å². The fraction of sp³-hybridized carbons (Fsp3) is 0.300. The van der Waals surface area contributed by atoms with Gasteiger partial charge in [-0.25, -0.2) is 8.42 Å². The molecule has 0 aliphatic carbocycles. The summed E-state index contributed by atoms with van der Waals surface area (Å²) in [4.78, 5) is 26.7. The molecule has 30 heavy (non-hydrogen) atoms. The molecule has 10 heteroatoms. The zero-order valence-corrected chi connectivity index (χ0v) is 17.1. The second-order valence-electron chi connectivity index (χ2n) is 6.81. The maximum absolute atomic E-state index is 12.8. The quantitative estimate of drug-likeness (QED) is 0.629. The highest BCUT2D eigenvalue weighted by atomic mass is 32.2. The van der Waals surface area contributed by atoms with Crippen LogP contribution in [-0.4, -0.2) is 49.4 Å². The van der Waals surface area contributed by atoms with E-state index < -0.39 is 16.3 Å². The van der Waals surface area contributed by atoms with Crippen LogP contribution in [0.1, 0.15) is 17.5 Å². The first kappa shape index (κ1) is 21.6. The second kappa shape index (κ2) is 9.14. The molecule has 2 N–H and O–H groups in total. The van der Waals surface area contributed by atoms with E-state index in [1.165, 1.54) is 24.1 Å². The third-order valence-electron chi connectivity index (χ3n) is 4.78. The van der Waals surface area contributed by atoms with E-state index in [2.05, 4.69) is 5.32 Å². The van der Waals surface area contributed by atoms with Crippen molar-refractivity contribution in [1.29, 1.82) is 0 Å². The minimum absolute atomic E-state index is 0.0740. The van der Waals surface area contributed by atoms with Crippen LogP contribution >= 0.6 is 0 Å². The molecular formula is C20H22N3O6S-. The summed E-state index contributed by atoms with van der Waals surface area (Å²) in [7, 11) is -3.16. The van der Waals surface area contributed by atoms with E-state index in [9.17, 15) is 22.6 Å². The number of fused-ring (bicyclic) bond motifs is 1. The lowest BCUT2D eigenvalue weighted by Crippen LogP contribution is -2.52. The number of anilines is 1. The molecule has 0 radical (unpaired) electrons. The van der Waals surface area contributed by atoms with Gasteiger partial charge in [0.1, 0.15) is 11.8 Å². The Labute approximate surface area is 174 Å². The number of carbonyl (C=O) groups excluding carboxylic acids is 2. The lowest BCUT2D eigenvalue weighted by Gasteiger charge is -2.36. The maximum Gasteiger partial charge on any atom is 0.242 e. The molecule has 2 aromatic carbocycles. The summed E-state index contributed by atoms with van der Waals surface area (Å²) in [5.41, 5.74) is 1.59. The van der Waals surface area contributed by atoms with Gasteiger partial charge in [-0.2, -0.15) is 0 Å². The van der Waals surface area contributed by atoms with Crippen molar-refractivity contribution in [3.8, 4) is 5.75 Å². The number of para-hydroxylation sites is 1. The van der Waals surface area contributed by atoms with Crippen molar-refractivity contribution in [3.05, 3.63) is 59.7 Å². The average molecular weight is 432 g/mol. The van der Waals surface area contributed by atoms with Crippen LogP contribution in [0.3, 0.4) is 0 Å². The Kier molecular flexibility index (Phi) is 6.58. The monoisotopic (exact) mass is 432 g/mol. The number of ether oxygens (including phenoxy) is 1. The highest BCUT2D eigenvalue weighted by Crippen LogP contribution is 2.27. The molecule has 0 saturated carbocycles. The number of hydrogen-bond donors (Lipinski definition) is 2. The van der Waals surface area contributed by atoms with Crippen LogP contribution in [0.25, 0.3) is 0 Å². The SMILES string of the molecule is CNC(=O)[C@@H]1Cc2ccc(NS(=O)(=O)[O-])cc2CN1C(=O)CCOc1ccccc1. The normalized spacial score (nSPS) is 15.8. The van der Waals surface area contributed by atoms with E-state index in [1.54, 1.807) is 18.2 Å². The summed E-state index contributed by atoms with van der Waals surface area (Å²) < 4.78 is 40.3. The van der Waals surface area contributed by atoms with Gasteiger partial charge >= 0.3 is 0 Å². The highest BCUT2D eigenvalue weighted by molar-refractivity contribution is 7.87. The van der Waals surface area contributed by atoms with Crippen molar-refractivity contribution in [1.82, 2.24) is 10.2 Å². The van der Waals surface area contributed by atoms with Gasteiger partial charge in [-0.15, -0.1) is 0 Å². The van der Waals surface area contributed by atoms with Crippen LogP contribution in [0.2, 0.25) is 0 Å². The molecule has 0 aromatic heterocycles. The van der Waals surface area contributed by atoms with Gasteiger partial charge in [-0.1, -0.05) is 24.3 Å². The predicted molar refractivity (Wildman–Crippen MR) is 108 cm³/mol. The molecule has 1 atom stereocenters. The minimum Gasteiger partial charge on any atom is -0.731 e. The number of amides is 2. The van der Waals surface area contributed by atoms with Crippen LogP contribution in [0.5, 0.6) is 5.75 Å². The van der Waals surface area contributed by atoms with Crippen molar-refractivity contribution >= 4 is 27.8 Å². The molecule has 9 nitrogen and oxygen atoms in total. The number of nitrogens with zero attached hydrogens (tertiary/aromatic N) is 1. The zero-order valence-electron chi connectivity index (χ0n) is 16.3. The summed E-state index contributed by atoms with van der Waals surface area (Å²) in [6, 6.07) is 13.0. The first-order valence-electron chi connectivity index (χ1n) is 9.31. The van der Waals surface area contributed by atoms with Crippen molar-refractivity contribution in [2.75, 3.05) is 18.4 Å². The topological polar surface area (TPSA) is 128 Å². The molecule has 3 rings (SSSR count). The van der Waals surface area contributed by atoms with Crippen molar-refractivity contribution in [2.45, 2.75) is 25.4 Å². The molecule has 1 heterocycles. The van der Waals surface area contributed by atoms with Crippen LogP contribution in [0.15, 0.2) is 48.5 Å². The van der Waals surface area contributed by atoms with Gasteiger partial charge in [0, 0.05) is 25.7 Å².